The summed E-state index contributed by atoms with van der Waals surface area (Å²) in [5, 5.41) is 6.68. The summed E-state index contributed by atoms with van der Waals surface area (Å²) in [7, 11) is 0. The monoisotopic (exact) mass is 778 g/mol. The lowest BCUT2D eigenvalue weighted by molar-refractivity contribution is 0.0448. The minimum atomic E-state index is -0.544. The van der Waals surface area contributed by atoms with Gasteiger partial charge in [0.15, 0.2) is 0 Å². The van der Waals surface area contributed by atoms with Crippen LogP contribution in [0, 0.1) is 5.82 Å². The third-order valence-electron chi connectivity index (χ3n) is 10.7. The Morgan fingerprint density at radius 3 is 2.39 bits per heavy atom. The van der Waals surface area contributed by atoms with E-state index in [0.717, 1.165) is 87.1 Å². The van der Waals surface area contributed by atoms with Gasteiger partial charge >= 0.3 is 6.09 Å². The zero-order valence-electron chi connectivity index (χ0n) is 32.6. The minimum absolute atomic E-state index is 0.267. The Morgan fingerprint density at radius 1 is 0.929 bits per heavy atom. The normalized spacial score (nSPS) is 17.9. The molecule has 2 aromatic heterocycles. The first kappa shape index (κ1) is 39.2. The minimum Gasteiger partial charge on any atom is -0.444 e. The van der Waals surface area contributed by atoms with Crippen LogP contribution in [0.15, 0.2) is 95.4 Å². The second-order valence-electron chi connectivity index (χ2n) is 16.1. The quantitative estimate of drug-likeness (QED) is 0.173. The summed E-state index contributed by atoms with van der Waals surface area (Å²) in [5.74, 6) is 0.0206. The third-order valence-corrected chi connectivity index (χ3v) is 11.6. The Hall–Kier alpha value is -5.01. The summed E-state index contributed by atoms with van der Waals surface area (Å²) in [6.45, 7) is 12.6. The molecule has 0 spiro atoms. The zero-order valence-corrected chi connectivity index (χ0v) is 33.4. The van der Waals surface area contributed by atoms with E-state index in [9.17, 15) is 9.59 Å². The number of piperidine rings is 2. The predicted molar refractivity (Wildman–Crippen MR) is 220 cm³/mol. The first-order chi connectivity index (χ1) is 26.9. The molecule has 0 unspecified atom stereocenters. The number of aromatic nitrogens is 3. The highest BCUT2D eigenvalue weighted by molar-refractivity contribution is 7.99. The van der Waals surface area contributed by atoms with Crippen molar-refractivity contribution in [1.82, 2.24) is 25.2 Å². The number of ether oxygens (including phenoxy) is 1. The fourth-order valence-corrected chi connectivity index (χ4v) is 8.38. The van der Waals surface area contributed by atoms with E-state index in [1.54, 1.807) is 30.7 Å². The fourth-order valence-electron chi connectivity index (χ4n) is 7.60. The van der Waals surface area contributed by atoms with E-state index >= 15 is 4.39 Å². The molecule has 2 saturated heterocycles. The van der Waals surface area contributed by atoms with E-state index < -0.39 is 11.7 Å². The van der Waals surface area contributed by atoms with Crippen molar-refractivity contribution in [3.63, 3.8) is 0 Å². The number of halogens is 1. The molecule has 2 amide bonds. The van der Waals surface area contributed by atoms with Gasteiger partial charge in [0, 0.05) is 79.4 Å². The third kappa shape index (κ3) is 10.0. The van der Waals surface area contributed by atoms with Crippen LogP contribution in [-0.4, -0.2) is 88.3 Å². The van der Waals surface area contributed by atoms with Crippen LogP contribution in [-0.2, 0) is 4.74 Å². The molecule has 0 atom stereocenters. The molecule has 7 rings (SSSR count). The van der Waals surface area contributed by atoms with E-state index in [1.165, 1.54) is 29.0 Å². The predicted octanol–water partition coefficient (Wildman–Crippen LogP) is 8.06. The van der Waals surface area contributed by atoms with Crippen LogP contribution in [0.3, 0.4) is 0 Å². The first-order valence-electron chi connectivity index (χ1n) is 19.5. The Kier molecular flexibility index (Phi) is 11.9. The molecule has 2 aromatic carbocycles. The van der Waals surface area contributed by atoms with Crippen LogP contribution in [0.25, 0.3) is 5.57 Å². The van der Waals surface area contributed by atoms with Crippen LogP contribution >= 0.6 is 11.8 Å². The second kappa shape index (κ2) is 17.0. The van der Waals surface area contributed by atoms with Gasteiger partial charge in [0.1, 0.15) is 22.3 Å². The number of nitrogens with one attached hydrogen (secondary N) is 2. The smallest absolute Gasteiger partial charge is 0.408 e. The molecule has 3 aliphatic rings. The van der Waals surface area contributed by atoms with Gasteiger partial charge in [-0.25, -0.2) is 19.2 Å². The van der Waals surface area contributed by atoms with E-state index in [0.29, 0.717) is 17.4 Å². The molecule has 13 heteroatoms. The van der Waals surface area contributed by atoms with E-state index in [-0.39, 0.29) is 22.8 Å². The molecule has 0 bridgehead atoms. The Bertz CT molecular complexity index is 2030. The van der Waals surface area contributed by atoms with Crippen molar-refractivity contribution in [1.29, 1.82) is 0 Å². The Labute approximate surface area is 333 Å². The molecule has 2 fully saturated rings. The van der Waals surface area contributed by atoms with Crippen LogP contribution in [0.4, 0.5) is 26.4 Å². The highest BCUT2D eigenvalue weighted by Crippen LogP contribution is 2.32. The molecule has 5 heterocycles. The van der Waals surface area contributed by atoms with Gasteiger partial charge in [-0.2, -0.15) is 0 Å². The van der Waals surface area contributed by atoms with E-state index in [4.69, 9.17) is 4.74 Å². The summed E-state index contributed by atoms with van der Waals surface area (Å²) in [5.41, 5.74) is 3.07. The number of anilines is 3. The Morgan fingerprint density at radius 2 is 1.73 bits per heavy atom. The van der Waals surface area contributed by atoms with Crippen molar-refractivity contribution in [2.24, 2.45) is 0 Å². The van der Waals surface area contributed by atoms with Crippen LogP contribution < -0.4 is 20.4 Å². The van der Waals surface area contributed by atoms with Crippen molar-refractivity contribution >= 4 is 46.5 Å². The number of hydrogen-bond acceptors (Lipinski definition) is 10. The lowest BCUT2D eigenvalue weighted by atomic mass is 9.90. The average Bonchev–Trinajstić information content (AvgIpc) is 3.18. The molecule has 3 aliphatic heterocycles. The molecule has 294 valence electrons. The van der Waals surface area contributed by atoms with Crippen molar-refractivity contribution in [3.05, 3.63) is 102 Å². The second-order valence-corrected chi connectivity index (χ2v) is 17.2. The van der Waals surface area contributed by atoms with Crippen molar-refractivity contribution < 1.29 is 18.7 Å². The Balaban J connectivity index is 0.877. The molecule has 11 nitrogen and oxygen atoms in total. The largest absolute Gasteiger partial charge is 0.444 e. The summed E-state index contributed by atoms with van der Waals surface area (Å²) >= 11 is 1.44. The van der Waals surface area contributed by atoms with Crippen molar-refractivity contribution in [3.8, 4) is 0 Å². The lowest BCUT2D eigenvalue weighted by Gasteiger charge is -2.40. The summed E-state index contributed by atoms with van der Waals surface area (Å²) < 4.78 is 20.9. The van der Waals surface area contributed by atoms with Crippen LogP contribution in [0.2, 0.25) is 0 Å². The number of rotatable bonds is 9. The number of nitrogens with zero attached hydrogens (tertiary/aromatic N) is 6. The molecule has 4 aromatic rings. The molecule has 2 N–H and O–H groups in total. The van der Waals surface area contributed by atoms with Gasteiger partial charge in [-0.15, -0.1) is 0 Å². The van der Waals surface area contributed by atoms with Crippen LogP contribution in [0.1, 0.15) is 75.7 Å². The number of carbonyl (C=O) groups excluding carboxylic acids is 2. The SMILES string of the molecule is CC1(NC(=O)OC(C)(C)C)CCN(c2cnc(Sc3cccc(NC(=O)c4ccc(N5CCC(N6CC=C(c7cccnc7)CC6)CC5)c(F)c4)c3)cn2)CC1. The molecular formula is C43H51FN8O3S. The highest BCUT2D eigenvalue weighted by atomic mass is 32.2. The maximum absolute atomic E-state index is 15.5. The van der Waals surface area contributed by atoms with Gasteiger partial charge in [-0.05, 0) is 113 Å². The number of pyridine rings is 1. The average molecular weight is 779 g/mol. The van der Waals surface area contributed by atoms with Crippen molar-refractivity contribution in [2.45, 2.75) is 86.9 Å². The zero-order chi connectivity index (χ0) is 39.3. The summed E-state index contributed by atoms with van der Waals surface area (Å²) in [6.07, 6.45) is 13.6. The standard InChI is InChI=1S/C43H51FN8O3S/c1-42(2,3)55-41(54)49-43(4)16-23-52(24-17-43)38-28-47-39(29-46-38)56-35-9-5-8-33(26-35)48-40(53)31-10-11-37(36(44)25-31)51-21-14-34(15-22-51)50-19-12-30(13-20-50)32-7-6-18-45-27-32/h5-12,18,25-29,34H,13-17,19-24H2,1-4H3,(H,48,53)(H,49,54). The van der Waals surface area contributed by atoms with Crippen LogP contribution in [0.5, 0.6) is 0 Å². The maximum atomic E-state index is 15.5. The number of carbonyl (C=O) groups is 2. The van der Waals surface area contributed by atoms with Gasteiger partial charge < -0.3 is 25.2 Å². The molecule has 0 saturated carbocycles. The van der Waals surface area contributed by atoms with Crippen molar-refractivity contribution in [2.75, 3.05) is 54.4 Å². The molecule has 56 heavy (non-hydrogen) atoms. The van der Waals surface area contributed by atoms with E-state index in [1.807, 2.05) is 64.2 Å². The number of alkyl carbamates (subject to hydrolysis) is 1. The first-order valence-corrected chi connectivity index (χ1v) is 20.3. The van der Waals surface area contributed by atoms with Gasteiger partial charge in [0.05, 0.1) is 18.1 Å². The van der Waals surface area contributed by atoms with E-state index in [2.05, 4.69) is 52.4 Å². The summed E-state index contributed by atoms with van der Waals surface area (Å²) in [6, 6.07) is 16.8. The topological polar surface area (TPSA) is 116 Å². The van der Waals surface area contributed by atoms with Gasteiger partial charge in [0.2, 0.25) is 0 Å². The van der Waals surface area contributed by atoms with Gasteiger partial charge in [-0.1, -0.05) is 30.0 Å². The number of hydrogen-bond donors (Lipinski definition) is 2. The summed E-state index contributed by atoms with van der Waals surface area (Å²) in [4.78, 5) is 46.8. The number of benzene rings is 2. The lowest BCUT2D eigenvalue weighted by Crippen LogP contribution is -2.54. The molecular weight excluding hydrogens is 728 g/mol. The van der Waals surface area contributed by atoms with Gasteiger partial charge in [0.25, 0.3) is 5.91 Å². The fraction of sp³-hybridized carbons (Fsp3) is 0.419. The number of amides is 2. The maximum Gasteiger partial charge on any atom is 0.408 e. The highest BCUT2D eigenvalue weighted by Gasteiger charge is 2.34. The molecule has 0 radical (unpaired) electrons. The van der Waals surface area contributed by atoms with Gasteiger partial charge in [-0.3, -0.25) is 14.7 Å². The molecule has 0 aliphatic carbocycles.